The fourth-order valence-corrected chi connectivity index (χ4v) is 10.8. The van der Waals surface area contributed by atoms with E-state index in [0.29, 0.717) is 0 Å². The Hall–Kier alpha value is -10.2. The van der Waals surface area contributed by atoms with Gasteiger partial charge in [-0.1, -0.05) is 243 Å². The third kappa shape index (κ3) is 8.64. The molecule has 0 radical (unpaired) electrons. The summed E-state index contributed by atoms with van der Waals surface area (Å²) in [5, 5.41) is 0. The summed E-state index contributed by atoms with van der Waals surface area (Å²) in [5.41, 5.74) is 20.2. The highest BCUT2D eigenvalue weighted by molar-refractivity contribution is 6.00. The lowest BCUT2D eigenvalue weighted by Gasteiger charge is -2.37. The third-order valence-corrected chi connectivity index (χ3v) is 14.3. The van der Waals surface area contributed by atoms with Gasteiger partial charge in [-0.3, -0.25) is 0 Å². The summed E-state index contributed by atoms with van der Waals surface area (Å²) < 4.78 is 7.16. The van der Waals surface area contributed by atoms with Crippen LogP contribution >= 0.6 is 0 Å². The molecule has 1 aliphatic heterocycles. The van der Waals surface area contributed by atoms with Crippen LogP contribution in [0.4, 0.5) is 51.2 Å². The molecule has 0 spiro atoms. The van der Waals surface area contributed by atoms with E-state index in [1.54, 1.807) is 0 Å². The van der Waals surface area contributed by atoms with Crippen LogP contribution in [-0.4, -0.2) is 0 Å². The molecular formula is C72H51N3O. The number of benzene rings is 12. The van der Waals surface area contributed by atoms with Gasteiger partial charge in [0.15, 0.2) is 11.5 Å². The molecule has 0 saturated carbocycles. The van der Waals surface area contributed by atoms with Crippen molar-refractivity contribution in [3.63, 3.8) is 0 Å². The van der Waals surface area contributed by atoms with Crippen molar-refractivity contribution < 1.29 is 4.74 Å². The lowest BCUT2D eigenvalue weighted by atomic mass is 9.98. The summed E-state index contributed by atoms with van der Waals surface area (Å²) in [7, 11) is 0. The van der Waals surface area contributed by atoms with Crippen LogP contribution in [0.3, 0.4) is 0 Å². The van der Waals surface area contributed by atoms with Crippen LogP contribution in [0, 0.1) is 0 Å². The predicted molar refractivity (Wildman–Crippen MR) is 318 cm³/mol. The summed E-state index contributed by atoms with van der Waals surface area (Å²) in [5.74, 6) is 1.50. The van der Waals surface area contributed by atoms with Gasteiger partial charge in [0.2, 0.25) is 0 Å². The van der Waals surface area contributed by atoms with Crippen LogP contribution in [0.5, 0.6) is 11.5 Å². The summed E-state index contributed by atoms with van der Waals surface area (Å²) in [4.78, 5) is 7.25. The molecule has 12 aromatic rings. The number of hydrogen-bond acceptors (Lipinski definition) is 4. The minimum absolute atomic E-state index is 0.750. The highest BCUT2D eigenvalue weighted by Crippen LogP contribution is 2.57. The van der Waals surface area contributed by atoms with Crippen molar-refractivity contribution in [2.45, 2.75) is 0 Å². The lowest BCUT2D eigenvalue weighted by Crippen LogP contribution is -2.19. The van der Waals surface area contributed by atoms with Crippen LogP contribution in [0.25, 0.3) is 55.6 Å². The Labute approximate surface area is 444 Å². The average Bonchev–Trinajstić information content (AvgIpc) is 3.52. The largest absolute Gasteiger partial charge is 0.453 e. The van der Waals surface area contributed by atoms with Gasteiger partial charge in [-0.2, -0.15) is 0 Å². The molecular weight excluding hydrogens is 923 g/mol. The zero-order chi connectivity index (χ0) is 50.6. The maximum Gasteiger partial charge on any atom is 0.151 e. The molecule has 0 unspecified atom stereocenters. The molecule has 0 atom stereocenters. The molecule has 0 aliphatic carbocycles. The first-order valence-corrected chi connectivity index (χ1v) is 25.8. The average molecular weight is 974 g/mol. The highest BCUT2D eigenvalue weighted by atomic mass is 16.5. The third-order valence-electron chi connectivity index (χ3n) is 14.3. The Kier molecular flexibility index (Phi) is 12.3. The van der Waals surface area contributed by atoms with Crippen molar-refractivity contribution in [1.29, 1.82) is 0 Å². The maximum absolute atomic E-state index is 7.16. The van der Waals surface area contributed by atoms with Gasteiger partial charge in [0, 0.05) is 39.2 Å². The topological polar surface area (TPSA) is 19.0 Å². The Balaban J connectivity index is 1.06. The van der Waals surface area contributed by atoms with Crippen molar-refractivity contribution in [2.75, 3.05) is 14.7 Å². The van der Waals surface area contributed by atoms with Gasteiger partial charge in [-0.25, -0.2) is 0 Å². The molecule has 0 bridgehead atoms. The van der Waals surface area contributed by atoms with Gasteiger partial charge in [0.05, 0.1) is 39.8 Å². The molecule has 1 aliphatic rings. The molecule has 1 heterocycles. The van der Waals surface area contributed by atoms with Crippen LogP contribution < -0.4 is 19.4 Å². The fraction of sp³-hybridized carbons (Fsp3) is 0. The second kappa shape index (κ2) is 20.4. The van der Waals surface area contributed by atoms with E-state index >= 15 is 0 Å². The van der Waals surface area contributed by atoms with E-state index < -0.39 is 0 Å². The number of rotatable bonds is 12. The van der Waals surface area contributed by atoms with E-state index in [1.165, 1.54) is 0 Å². The SMILES string of the molecule is c1ccc(-c2ccccc2N(c2ccc3c(c2)N(c2ccccc2-c2ccccc2)c2cc(N(c4ccccc4-c4ccccc4)c4ccccc4-c4ccccc4)ccc2O3)c2ccccc2-c2ccccc2)cc1. The molecule has 13 rings (SSSR count). The molecule has 76 heavy (non-hydrogen) atoms. The monoisotopic (exact) mass is 973 g/mol. The van der Waals surface area contributed by atoms with Gasteiger partial charge in [0.1, 0.15) is 0 Å². The number of fused-ring (bicyclic) bond motifs is 2. The van der Waals surface area contributed by atoms with Gasteiger partial charge >= 0.3 is 0 Å². The second-order valence-electron chi connectivity index (χ2n) is 18.8. The molecule has 0 amide bonds. The molecule has 12 aromatic carbocycles. The minimum Gasteiger partial charge on any atom is -0.453 e. The maximum atomic E-state index is 7.16. The Bertz CT molecular complexity index is 3590. The quantitative estimate of drug-likeness (QED) is 0.121. The summed E-state index contributed by atoms with van der Waals surface area (Å²) in [6, 6.07) is 110. The molecule has 4 heteroatoms. The predicted octanol–water partition coefficient (Wildman–Crippen LogP) is 20.5. The van der Waals surface area contributed by atoms with Crippen molar-refractivity contribution >= 4 is 51.2 Å². The van der Waals surface area contributed by atoms with Gasteiger partial charge < -0.3 is 19.4 Å². The molecule has 0 fully saturated rings. The molecule has 0 aromatic heterocycles. The second-order valence-corrected chi connectivity index (χ2v) is 18.8. The van der Waals surface area contributed by atoms with Crippen molar-refractivity contribution in [3.8, 4) is 67.1 Å². The summed E-state index contributed by atoms with van der Waals surface area (Å²) in [6.45, 7) is 0. The van der Waals surface area contributed by atoms with Crippen molar-refractivity contribution in [3.05, 3.63) is 309 Å². The minimum atomic E-state index is 0.750. The zero-order valence-electron chi connectivity index (χ0n) is 41.7. The van der Waals surface area contributed by atoms with Gasteiger partial charge in [0.25, 0.3) is 0 Å². The zero-order valence-corrected chi connectivity index (χ0v) is 41.7. The van der Waals surface area contributed by atoms with Crippen molar-refractivity contribution in [1.82, 2.24) is 0 Å². The number of ether oxygens (including phenoxy) is 1. The molecule has 0 saturated heterocycles. The molecule has 0 N–H and O–H groups in total. The standard InChI is InChI=1S/C72H51N3O/c1-6-26-52(27-7-1)59-36-16-21-41-64(59)73(65-42-22-17-37-60(65)53-28-8-2-9-29-53)57-46-48-71-69(50-57)75(68-45-25-20-40-63(68)56-34-14-5-15-35-56)70-51-58(47-49-72(70)76-71)74(66-43-23-18-38-61(66)54-30-10-3-11-31-54)67-44-24-19-39-62(67)55-32-12-4-13-33-55/h1-51H. The smallest absolute Gasteiger partial charge is 0.151 e. The van der Waals surface area contributed by atoms with E-state index in [4.69, 9.17) is 4.74 Å². The Morgan fingerprint density at radius 1 is 0.224 bits per heavy atom. The van der Waals surface area contributed by atoms with Crippen LogP contribution in [0.1, 0.15) is 0 Å². The van der Waals surface area contributed by atoms with Crippen LogP contribution in [0.15, 0.2) is 309 Å². The number of anilines is 9. The molecule has 360 valence electrons. The number of nitrogens with zero attached hydrogens (tertiary/aromatic N) is 3. The van der Waals surface area contributed by atoms with Crippen LogP contribution in [-0.2, 0) is 0 Å². The first-order valence-electron chi connectivity index (χ1n) is 25.8. The number of hydrogen-bond donors (Lipinski definition) is 0. The Morgan fingerprint density at radius 3 is 0.816 bits per heavy atom. The Morgan fingerprint density at radius 2 is 0.487 bits per heavy atom. The molecule has 4 nitrogen and oxygen atoms in total. The van der Waals surface area contributed by atoms with E-state index in [0.717, 1.165) is 118 Å². The van der Waals surface area contributed by atoms with Crippen molar-refractivity contribution in [2.24, 2.45) is 0 Å². The first kappa shape index (κ1) is 45.7. The van der Waals surface area contributed by atoms with E-state index in [1.807, 2.05) is 0 Å². The number of para-hydroxylation sites is 5. The van der Waals surface area contributed by atoms with E-state index in [-0.39, 0.29) is 0 Å². The van der Waals surface area contributed by atoms with Crippen LogP contribution in [0.2, 0.25) is 0 Å². The van der Waals surface area contributed by atoms with E-state index in [2.05, 4.69) is 324 Å². The van der Waals surface area contributed by atoms with Gasteiger partial charge in [-0.05, 0) is 94.5 Å². The van der Waals surface area contributed by atoms with E-state index in [9.17, 15) is 0 Å². The summed E-state index contributed by atoms with van der Waals surface area (Å²) >= 11 is 0. The first-order chi connectivity index (χ1) is 37.7. The fourth-order valence-electron chi connectivity index (χ4n) is 10.8. The van der Waals surface area contributed by atoms with Gasteiger partial charge in [-0.15, -0.1) is 0 Å². The summed E-state index contributed by atoms with van der Waals surface area (Å²) in [6.07, 6.45) is 0. The lowest BCUT2D eigenvalue weighted by molar-refractivity contribution is 0.477. The normalized spacial score (nSPS) is 11.5. The highest BCUT2D eigenvalue weighted by Gasteiger charge is 2.32.